The van der Waals surface area contributed by atoms with Gasteiger partial charge in [0, 0.05) is 0 Å². The first-order valence-corrected chi connectivity index (χ1v) is 5.27. The van der Waals surface area contributed by atoms with Gasteiger partial charge in [0.1, 0.15) is 0 Å². The quantitative estimate of drug-likeness (QED) is 0.381. The van der Waals surface area contributed by atoms with Crippen molar-refractivity contribution in [1.82, 2.24) is 0 Å². The van der Waals surface area contributed by atoms with Gasteiger partial charge in [-0.2, -0.15) is 0 Å². The van der Waals surface area contributed by atoms with Crippen LogP contribution in [0, 0.1) is 10.1 Å². The van der Waals surface area contributed by atoms with Gasteiger partial charge in [0.2, 0.25) is 0 Å². The Morgan fingerprint density at radius 1 is 1.67 bits per heavy atom. The monoisotopic (exact) mass is 166 g/mol. The fourth-order valence-corrected chi connectivity index (χ4v) is 1.30. The van der Waals surface area contributed by atoms with Gasteiger partial charge in [0.15, 0.2) is 0 Å². The van der Waals surface area contributed by atoms with Gasteiger partial charge in [-0.05, 0) is 0 Å². The van der Waals surface area contributed by atoms with Crippen molar-refractivity contribution >= 4 is 26.7 Å². The topological polar surface area (TPSA) is 0 Å². The van der Waals surface area contributed by atoms with Crippen LogP contribution < -0.4 is 0 Å². The normalized spacial score (nSPS) is 6.33. The molecule has 0 aromatic carbocycles. The molecule has 0 unspecified atom stereocenters. The Kier molecular flexibility index (Phi) is 5.82. The first-order valence-electron chi connectivity index (χ1n) is 1.47. The van der Waals surface area contributed by atoms with E-state index in [0.29, 0.717) is 15.0 Å². The summed E-state index contributed by atoms with van der Waals surface area (Å²) in [5, 5.41) is 2.89. The van der Waals surface area contributed by atoms with Crippen LogP contribution in [0.4, 0.5) is 0 Å². The summed E-state index contributed by atoms with van der Waals surface area (Å²) in [5.74, 6) is 2.11. The second-order valence-corrected chi connectivity index (χ2v) is 2.51. The summed E-state index contributed by atoms with van der Waals surface area (Å²) in [6.45, 7) is 0. The summed E-state index contributed by atoms with van der Waals surface area (Å²) in [6.07, 6.45) is 1.98. The Labute approximate surface area is 49.2 Å². The van der Waals surface area contributed by atoms with Gasteiger partial charge in [-0.1, -0.05) is 0 Å². The van der Waals surface area contributed by atoms with Crippen LogP contribution in [-0.4, -0.2) is 21.2 Å². The zero-order valence-electron chi connectivity index (χ0n) is 3.82. The molecule has 0 heterocycles. The minimum atomic E-state index is 0.545. The molecule has 34 valence electrons. The van der Waals surface area contributed by atoms with Crippen molar-refractivity contribution in [3.63, 3.8) is 0 Å². The maximum absolute atomic E-state index is 2.97. The van der Waals surface area contributed by atoms with Crippen molar-refractivity contribution in [2.75, 3.05) is 6.26 Å². The molecule has 0 aromatic heterocycles. The predicted octanol–water partition coefficient (Wildman–Crippen LogP) is 1.02. The van der Waals surface area contributed by atoms with E-state index < -0.39 is 0 Å². The average Bonchev–Trinajstić information content (AvgIpc) is 1.61. The number of thioether (sulfide) groups is 1. The van der Waals surface area contributed by atoms with Gasteiger partial charge in [-0.3, -0.25) is 0 Å². The van der Waals surface area contributed by atoms with E-state index in [0.717, 1.165) is 0 Å². The SMILES string of the molecule is CSC#C[Se]C. The molecule has 0 saturated carbocycles. The molecule has 6 heavy (non-hydrogen) atoms. The van der Waals surface area contributed by atoms with Crippen LogP contribution >= 0.6 is 11.8 Å². The third-order valence-corrected chi connectivity index (χ3v) is 1.49. The molecule has 0 fully saturated rings. The first-order chi connectivity index (χ1) is 2.91. The molecule has 0 radical (unpaired) electrons. The standard InChI is InChI=1S/C4H6SSe/c1-5-3-4-6-2/h1-2H3. The van der Waals surface area contributed by atoms with Crippen LogP contribution in [0.15, 0.2) is 0 Å². The Bertz CT molecular complexity index is 61.4. The van der Waals surface area contributed by atoms with Gasteiger partial charge >= 0.3 is 48.9 Å². The van der Waals surface area contributed by atoms with E-state index in [1.54, 1.807) is 11.8 Å². The Balaban J connectivity index is 2.90. The molecular weight excluding hydrogens is 159 g/mol. The molecular formula is C4H6SSe. The molecule has 0 aliphatic rings. The van der Waals surface area contributed by atoms with Crippen molar-refractivity contribution in [1.29, 1.82) is 0 Å². The molecule has 0 rings (SSSR count). The summed E-state index contributed by atoms with van der Waals surface area (Å²) in [5.41, 5.74) is 0. The van der Waals surface area contributed by atoms with E-state index in [1.807, 2.05) is 6.26 Å². The van der Waals surface area contributed by atoms with Crippen molar-refractivity contribution in [2.24, 2.45) is 0 Å². The summed E-state index contributed by atoms with van der Waals surface area (Å²) < 4.78 is 0. The van der Waals surface area contributed by atoms with Crippen molar-refractivity contribution < 1.29 is 0 Å². The fraction of sp³-hybridized carbons (Fsp3) is 0.500. The van der Waals surface area contributed by atoms with Gasteiger partial charge in [-0.25, -0.2) is 0 Å². The number of hydrogen-bond acceptors (Lipinski definition) is 1. The molecule has 0 spiro atoms. The second kappa shape index (κ2) is 5.43. The Hall–Kier alpha value is 0.429. The van der Waals surface area contributed by atoms with Crippen LogP contribution in [0.3, 0.4) is 0 Å². The molecule has 0 aromatic rings. The van der Waals surface area contributed by atoms with Crippen LogP contribution in [0.5, 0.6) is 0 Å². The first kappa shape index (κ1) is 6.43. The third kappa shape index (κ3) is 4.43. The molecule has 0 bridgehead atoms. The van der Waals surface area contributed by atoms with E-state index >= 15 is 0 Å². The number of hydrogen-bond donors (Lipinski definition) is 0. The van der Waals surface area contributed by atoms with Gasteiger partial charge in [-0.15, -0.1) is 0 Å². The van der Waals surface area contributed by atoms with E-state index in [9.17, 15) is 0 Å². The summed E-state index contributed by atoms with van der Waals surface area (Å²) >= 11 is 2.13. The fourth-order valence-electron chi connectivity index (χ4n) is 0.0833. The molecule has 0 amide bonds. The summed E-state index contributed by atoms with van der Waals surface area (Å²) in [4.78, 5) is 2.97. The van der Waals surface area contributed by atoms with E-state index in [2.05, 4.69) is 15.9 Å². The molecule has 0 saturated heterocycles. The van der Waals surface area contributed by atoms with Crippen molar-refractivity contribution in [2.45, 2.75) is 5.82 Å². The summed E-state index contributed by atoms with van der Waals surface area (Å²) in [7, 11) is 0. The van der Waals surface area contributed by atoms with Gasteiger partial charge in [0.05, 0.1) is 0 Å². The van der Waals surface area contributed by atoms with Crippen molar-refractivity contribution in [3.05, 3.63) is 0 Å². The molecule has 0 aliphatic heterocycles. The van der Waals surface area contributed by atoms with Crippen molar-refractivity contribution in [3.8, 4) is 10.1 Å². The third-order valence-electron chi connectivity index (χ3n) is 0.246. The van der Waals surface area contributed by atoms with Crippen LogP contribution in [0.1, 0.15) is 0 Å². The van der Waals surface area contributed by atoms with Gasteiger partial charge in [0.25, 0.3) is 0 Å². The second-order valence-electron chi connectivity index (χ2n) is 0.612. The minimum absolute atomic E-state index is 0.545. The number of rotatable bonds is 0. The zero-order chi connectivity index (χ0) is 4.83. The Morgan fingerprint density at radius 3 is 2.50 bits per heavy atom. The molecule has 0 atom stereocenters. The van der Waals surface area contributed by atoms with E-state index in [4.69, 9.17) is 0 Å². The maximum atomic E-state index is 2.97. The predicted molar refractivity (Wildman–Crippen MR) is 32.9 cm³/mol. The van der Waals surface area contributed by atoms with Crippen LogP contribution in [0.25, 0.3) is 0 Å². The molecule has 0 nitrogen and oxygen atoms in total. The van der Waals surface area contributed by atoms with Crippen LogP contribution in [0.2, 0.25) is 5.82 Å². The van der Waals surface area contributed by atoms with Gasteiger partial charge < -0.3 is 0 Å². The van der Waals surface area contributed by atoms with Crippen LogP contribution in [-0.2, 0) is 0 Å². The van der Waals surface area contributed by atoms with E-state index in [1.165, 1.54) is 0 Å². The molecule has 0 N–H and O–H groups in total. The zero-order valence-corrected chi connectivity index (χ0v) is 6.35. The Morgan fingerprint density at radius 2 is 2.33 bits per heavy atom. The summed E-state index contributed by atoms with van der Waals surface area (Å²) in [6, 6.07) is 0. The molecule has 2 heteroatoms. The van der Waals surface area contributed by atoms with E-state index in [-0.39, 0.29) is 0 Å². The molecule has 0 aliphatic carbocycles. The average molecular weight is 165 g/mol.